The summed E-state index contributed by atoms with van der Waals surface area (Å²) in [5.41, 5.74) is 0.662. The van der Waals surface area contributed by atoms with Gasteiger partial charge in [0.05, 0.1) is 19.1 Å². The van der Waals surface area contributed by atoms with Crippen LogP contribution in [0.1, 0.15) is 0 Å². The van der Waals surface area contributed by atoms with Crippen LogP contribution in [0.5, 0.6) is 5.75 Å². The maximum absolute atomic E-state index is 12.4. The van der Waals surface area contributed by atoms with Crippen LogP contribution in [0.3, 0.4) is 0 Å². The molecule has 0 atom stereocenters. The van der Waals surface area contributed by atoms with Crippen LogP contribution in [0, 0.1) is 0 Å². The molecule has 0 bridgehead atoms. The number of carbonyl (C=O) groups is 2. The van der Waals surface area contributed by atoms with Gasteiger partial charge in [-0.1, -0.05) is 0 Å². The van der Waals surface area contributed by atoms with Crippen molar-refractivity contribution in [2.75, 3.05) is 19.0 Å². The Kier molecular flexibility index (Phi) is 6.27. The zero-order chi connectivity index (χ0) is 24.4. The number of hydrogen-bond donors (Lipinski definition) is 1. The Bertz CT molecular complexity index is 1500. The highest BCUT2D eigenvalue weighted by molar-refractivity contribution is 7.14. The van der Waals surface area contributed by atoms with Crippen molar-refractivity contribution in [2.45, 2.75) is 6.54 Å². The fourth-order valence-corrected chi connectivity index (χ4v) is 3.96. The first-order chi connectivity index (χ1) is 16.3. The number of ether oxygens (including phenoxy) is 2. The van der Waals surface area contributed by atoms with Gasteiger partial charge in [0.15, 0.2) is 22.9 Å². The van der Waals surface area contributed by atoms with Crippen molar-refractivity contribution >= 4 is 39.5 Å². The maximum atomic E-state index is 12.4. The summed E-state index contributed by atoms with van der Waals surface area (Å²) in [7, 11) is 4.39. The van der Waals surface area contributed by atoms with Gasteiger partial charge in [-0.25, -0.2) is 14.8 Å². The molecule has 0 aliphatic rings. The second-order valence-corrected chi connectivity index (χ2v) is 8.08. The number of esters is 1. The molecule has 176 valence electrons. The smallest absolute Gasteiger partial charge is 0.332 e. The van der Waals surface area contributed by atoms with Gasteiger partial charge in [-0.2, -0.15) is 0 Å². The fraction of sp³-hybridized carbons (Fsp3) is 0.238. The van der Waals surface area contributed by atoms with E-state index in [-0.39, 0.29) is 17.7 Å². The molecule has 1 amide bonds. The van der Waals surface area contributed by atoms with E-state index in [2.05, 4.69) is 15.3 Å². The van der Waals surface area contributed by atoms with Crippen molar-refractivity contribution in [2.24, 2.45) is 14.1 Å². The molecule has 0 spiro atoms. The molecule has 3 heterocycles. The molecule has 3 aromatic heterocycles. The molecule has 1 aromatic carbocycles. The Morgan fingerprint density at radius 3 is 2.56 bits per heavy atom. The summed E-state index contributed by atoms with van der Waals surface area (Å²) >= 11 is 1.24. The molecule has 0 saturated heterocycles. The van der Waals surface area contributed by atoms with E-state index in [9.17, 15) is 19.2 Å². The van der Waals surface area contributed by atoms with Crippen molar-refractivity contribution < 1.29 is 19.1 Å². The van der Waals surface area contributed by atoms with Gasteiger partial charge in [0, 0.05) is 25.0 Å². The normalized spacial score (nSPS) is 10.9. The minimum atomic E-state index is -0.747. The summed E-state index contributed by atoms with van der Waals surface area (Å²) in [6, 6.07) is 7.33. The summed E-state index contributed by atoms with van der Waals surface area (Å²) in [6.07, 6.45) is 1.27. The molecule has 0 aliphatic carbocycles. The molecule has 13 heteroatoms. The van der Waals surface area contributed by atoms with Crippen molar-refractivity contribution in [3.63, 3.8) is 0 Å². The highest BCUT2D eigenvalue weighted by Crippen LogP contribution is 2.26. The first-order valence-electron chi connectivity index (χ1n) is 9.94. The van der Waals surface area contributed by atoms with E-state index < -0.39 is 29.7 Å². The molecular formula is C21H20N6O6S. The first kappa shape index (κ1) is 22.9. The van der Waals surface area contributed by atoms with Crippen molar-refractivity contribution in [3.05, 3.63) is 56.8 Å². The minimum absolute atomic E-state index is 0.0832. The first-order valence-corrected chi connectivity index (χ1v) is 10.8. The van der Waals surface area contributed by atoms with Gasteiger partial charge in [0.25, 0.3) is 11.5 Å². The van der Waals surface area contributed by atoms with Crippen LogP contribution in [0.25, 0.3) is 22.4 Å². The molecule has 0 radical (unpaired) electrons. The monoisotopic (exact) mass is 484 g/mol. The molecular weight excluding hydrogens is 464 g/mol. The van der Waals surface area contributed by atoms with Crippen LogP contribution in [0.4, 0.5) is 5.13 Å². The lowest BCUT2D eigenvalue weighted by atomic mass is 10.2. The zero-order valence-electron chi connectivity index (χ0n) is 18.5. The number of thiazole rings is 1. The second kappa shape index (κ2) is 9.31. The number of carbonyl (C=O) groups excluding carboxylic acids is 2. The maximum Gasteiger partial charge on any atom is 0.332 e. The molecule has 1 N–H and O–H groups in total. The summed E-state index contributed by atoms with van der Waals surface area (Å²) < 4.78 is 13.6. The van der Waals surface area contributed by atoms with Gasteiger partial charge in [-0.05, 0) is 24.3 Å². The summed E-state index contributed by atoms with van der Waals surface area (Å²) in [6.45, 7) is -0.879. The number of nitrogens with zero attached hydrogens (tertiary/aromatic N) is 5. The Morgan fingerprint density at radius 2 is 1.85 bits per heavy atom. The number of methoxy groups -OCH3 is 1. The lowest BCUT2D eigenvalue weighted by Crippen LogP contribution is -2.37. The number of amides is 1. The van der Waals surface area contributed by atoms with Crippen LogP contribution in [-0.2, 0) is 35.0 Å². The molecule has 0 aliphatic heterocycles. The molecule has 0 unspecified atom stereocenters. The molecule has 0 saturated carbocycles. The summed E-state index contributed by atoms with van der Waals surface area (Å²) in [5.74, 6) is -0.580. The van der Waals surface area contributed by atoms with Crippen molar-refractivity contribution in [1.29, 1.82) is 0 Å². The van der Waals surface area contributed by atoms with E-state index in [1.54, 1.807) is 12.5 Å². The number of imidazole rings is 1. The Balaban J connectivity index is 1.36. The van der Waals surface area contributed by atoms with Crippen molar-refractivity contribution in [1.82, 2.24) is 23.7 Å². The van der Waals surface area contributed by atoms with E-state index in [1.165, 1.54) is 40.9 Å². The number of aromatic nitrogens is 5. The lowest BCUT2D eigenvalue weighted by molar-refractivity contribution is -0.147. The number of aryl methyl sites for hydroxylation is 1. The Morgan fingerprint density at radius 1 is 1.12 bits per heavy atom. The van der Waals surface area contributed by atoms with Crippen molar-refractivity contribution in [3.8, 4) is 17.0 Å². The van der Waals surface area contributed by atoms with Crippen LogP contribution in [0.2, 0.25) is 0 Å². The van der Waals surface area contributed by atoms with E-state index in [0.29, 0.717) is 10.8 Å². The standard InChI is InChI=1S/C21H20N6O6S/c1-25-18-17(19(30)26(2)21(25)31)27(11-22-18)8-16(29)33-9-15(28)24-20-23-14(10-34-20)12-4-6-13(32-3)7-5-12/h4-7,10-11H,8-9H2,1-3H3,(H,23,24,28). The van der Waals surface area contributed by atoms with Crippen LogP contribution >= 0.6 is 11.3 Å². The minimum Gasteiger partial charge on any atom is -0.497 e. The topological polar surface area (TPSA) is 139 Å². The summed E-state index contributed by atoms with van der Waals surface area (Å²) in [4.78, 5) is 57.3. The van der Waals surface area contributed by atoms with Gasteiger partial charge in [-0.3, -0.25) is 28.8 Å². The second-order valence-electron chi connectivity index (χ2n) is 7.23. The average Bonchev–Trinajstić information content (AvgIpc) is 3.47. The predicted molar refractivity (Wildman–Crippen MR) is 124 cm³/mol. The van der Waals surface area contributed by atoms with E-state index >= 15 is 0 Å². The molecule has 4 rings (SSSR count). The molecule has 34 heavy (non-hydrogen) atoms. The molecule has 12 nitrogen and oxygen atoms in total. The largest absolute Gasteiger partial charge is 0.497 e. The van der Waals surface area contributed by atoms with Gasteiger partial charge < -0.3 is 14.0 Å². The lowest BCUT2D eigenvalue weighted by Gasteiger charge is -2.07. The van der Waals surface area contributed by atoms with Gasteiger partial charge in [0.1, 0.15) is 12.3 Å². The fourth-order valence-electron chi connectivity index (χ4n) is 3.23. The van der Waals surface area contributed by atoms with Crippen LogP contribution in [-0.4, -0.2) is 49.3 Å². The van der Waals surface area contributed by atoms with Gasteiger partial charge >= 0.3 is 11.7 Å². The molecule has 0 fully saturated rings. The van der Waals surface area contributed by atoms with Gasteiger partial charge in [0.2, 0.25) is 0 Å². The zero-order valence-corrected chi connectivity index (χ0v) is 19.3. The van der Waals surface area contributed by atoms with Crippen LogP contribution < -0.4 is 21.3 Å². The Labute approximate surface area is 196 Å². The van der Waals surface area contributed by atoms with E-state index in [4.69, 9.17) is 9.47 Å². The number of nitrogens with one attached hydrogen (secondary N) is 1. The average molecular weight is 484 g/mol. The number of rotatable bonds is 7. The quantitative estimate of drug-likeness (QED) is 0.379. The van der Waals surface area contributed by atoms with Crippen LogP contribution in [0.15, 0.2) is 45.6 Å². The van der Waals surface area contributed by atoms with Gasteiger partial charge in [-0.15, -0.1) is 11.3 Å². The SMILES string of the molecule is COc1ccc(-c2csc(NC(=O)COC(=O)Cn3cnc4c3c(=O)n(C)c(=O)n4C)n2)cc1. The third-order valence-electron chi connectivity index (χ3n) is 5.02. The third-order valence-corrected chi connectivity index (χ3v) is 5.77. The highest BCUT2D eigenvalue weighted by Gasteiger charge is 2.17. The number of benzene rings is 1. The highest BCUT2D eigenvalue weighted by atomic mass is 32.1. The third kappa shape index (κ3) is 4.45. The molecule has 4 aromatic rings. The predicted octanol–water partition coefficient (Wildman–Crippen LogP) is 0.748. The number of hydrogen-bond acceptors (Lipinski definition) is 9. The van der Waals surface area contributed by atoms with E-state index in [0.717, 1.165) is 15.9 Å². The Hall–Kier alpha value is -4.26. The number of fused-ring (bicyclic) bond motifs is 1. The van der Waals surface area contributed by atoms with E-state index in [1.807, 2.05) is 24.3 Å². The number of anilines is 1. The summed E-state index contributed by atoms with van der Waals surface area (Å²) in [5, 5.41) is 4.74.